The summed E-state index contributed by atoms with van der Waals surface area (Å²) in [6.45, 7) is 2.21. The van der Waals surface area contributed by atoms with Crippen LogP contribution in [0, 0.1) is 11.8 Å². The molecule has 3 unspecified atom stereocenters. The molecule has 2 rings (SSSR count). The van der Waals surface area contributed by atoms with Crippen LogP contribution >= 0.6 is 0 Å². The minimum Gasteiger partial charge on any atom is -0.271 e. The number of rotatable bonds is 3. The fourth-order valence-corrected chi connectivity index (χ4v) is 3.17. The Bertz CT molecular complexity index is 428. The van der Waals surface area contributed by atoms with Crippen LogP contribution in [0.15, 0.2) is 24.3 Å². The van der Waals surface area contributed by atoms with Crippen molar-refractivity contribution >= 4 is 0 Å². The standard InChI is InChI=1S/C15H21F3N2/c1-10-3-2-4-12(9-10)14(20-19)11-5-7-13(8-6-11)15(16,17)18/h5-8,10,12,14,20H,2-4,9,19H2,1H3. The third kappa shape index (κ3) is 3.52. The maximum Gasteiger partial charge on any atom is 0.416 e. The summed E-state index contributed by atoms with van der Waals surface area (Å²) in [5.41, 5.74) is 3.00. The van der Waals surface area contributed by atoms with E-state index in [0.29, 0.717) is 11.8 Å². The molecule has 1 aliphatic carbocycles. The minimum absolute atomic E-state index is 0.0694. The van der Waals surface area contributed by atoms with Gasteiger partial charge in [-0.2, -0.15) is 13.2 Å². The van der Waals surface area contributed by atoms with Gasteiger partial charge in [-0.15, -0.1) is 0 Å². The first-order valence-electron chi connectivity index (χ1n) is 7.05. The van der Waals surface area contributed by atoms with Gasteiger partial charge in [0, 0.05) is 6.04 Å². The van der Waals surface area contributed by atoms with Crippen LogP contribution in [-0.4, -0.2) is 0 Å². The summed E-state index contributed by atoms with van der Waals surface area (Å²) in [5, 5.41) is 0. The van der Waals surface area contributed by atoms with E-state index in [1.165, 1.54) is 18.6 Å². The van der Waals surface area contributed by atoms with Crippen LogP contribution in [0.4, 0.5) is 13.2 Å². The molecule has 0 aliphatic heterocycles. The number of alkyl halides is 3. The first-order valence-corrected chi connectivity index (χ1v) is 7.05. The number of hydrogen-bond donors (Lipinski definition) is 2. The van der Waals surface area contributed by atoms with Gasteiger partial charge in [0.2, 0.25) is 0 Å². The molecule has 0 radical (unpaired) electrons. The zero-order chi connectivity index (χ0) is 14.8. The molecule has 112 valence electrons. The van der Waals surface area contributed by atoms with Crippen molar-refractivity contribution in [3.8, 4) is 0 Å². The van der Waals surface area contributed by atoms with Crippen molar-refractivity contribution in [1.82, 2.24) is 5.43 Å². The summed E-state index contributed by atoms with van der Waals surface area (Å²) >= 11 is 0. The van der Waals surface area contributed by atoms with E-state index in [1.807, 2.05) is 0 Å². The SMILES string of the molecule is CC1CCCC(C(NN)c2ccc(C(F)(F)F)cc2)C1. The van der Waals surface area contributed by atoms with E-state index < -0.39 is 11.7 Å². The molecule has 3 atom stereocenters. The van der Waals surface area contributed by atoms with E-state index in [2.05, 4.69) is 12.3 Å². The largest absolute Gasteiger partial charge is 0.416 e. The highest BCUT2D eigenvalue weighted by Crippen LogP contribution is 2.37. The summed E-state index contributed by atoms with van der Waals surface area (Å²) in [6, 6.07) is 5.26. The molecule has 20 heavy (non-hydrogen) atoms. The van der Waals surface area contributed by atoms with Crippen LogP contribution in [-0.2, 0) is 6.18 Å². The van der Waals surface area contributed by atoms with Crippen LogP contribution in [0.5, 0.6) is 0 Å². The van der Waals surface area contributed by atoms with Gasteiger partial charge in [0.25, 0.3) is 0 Å². The number of hydrazine groups is 1. The Morgan fingerprint density at radius 1 is 1.20 bits per heavy atom. The van der Waals surface area contributed by atoms with Crippen LogP contribution in [0.3, 0.4) is 0 Å². The fraction of sp³-hybridized carbons (Fsp3) is 0.600. The van der Waals surface area contributed by atoms with E-state index in [1.54, 1.807) is 0 Å². The number of nitrogens with two attached hydrogens (primary N) is 1. The molecule has 3 N–H and O–H groups in total. The lowest BCUT2D eigenvalue weighted by Crippen LogP contribution is -2.35. The monoisotopic (exact) mass is 286 g/mol. The first kappa shape index (κ1) is 15.3. The lowest BCUT2D eigenvalue weighted by atomic mass is 9.77. The van der Waals surface area contributed by atoms with Gasteiger partial charge >= 0.3 is 6.18 Å². The van der Waals surface area contributed by atoms with Gasteiger partial charge in [-0.1, -0.05) is 31.9 Å². The average molecular weight is 286 g/mol. The second-order valence-electron chi connectivity index (χ2n) is 5.80. The number of halogens is 3. The molecule has 1 fully saturated rings. The van der Waals surface area contributed by atoms with Crippen molar-refractivity contribution in [3.05, 3.63) is 35.4 Å². The van der Waals surface area contributed by atoms with Gasteiger partial charge in [-0.25, -0.2) is 0 Å². The fourth-order valence-electron chi connectivity index (χ4n) is 3.17. The summed E-state index contributed by atoms with van der Waals surface area (Å²) < 4.78 is 37.7. The van der Waals surface area contributed by atoms with E-state index in [4.69, 9.17) is 5.84 Å². The Morgan fingerprint density at radius 2 is 1.85 bits per heavy atom. The van der Waals surface area contributed by atoms with Crippen molar-refractivity contribution in [2.45, 2.75) is 44.8 Å². The normalized spacial score (nSPS) is 25.4. The lowest BCUT2D eigenvalue weighted by Gasteiger charge is -2.33. The second kappa shape index (κ2) is 6.14. The average Bonchev–Trinajstić information content (AvgIpc) is 2.39. The third-order valence-electron chi connectivity index (χ3n) is 4.23. The summed E-state index contributed by atoms with van der Waals surface area (Å²) in [5.74, 6) is 6.67. The van der Waals surface area contributed by atoms with E-state index in [-0.39, 0.29) is 6.04 Å². The zero-order valence-corrected chi connectivity index (χ0v) is 11.6. The maximum absolute atomic E-state index is 12.6. The van der Waals surface area contributed by atoms with Crippen molar-refractivity contribution in [3.63, 3.8) is 0 Å². The highest BCUT2D eigenvalue weighted by atomic mass is 19.4. The second-order valence-corrected chi connectivity index (χ2v) is 5.80. The molecule has 0 spiro atoms. The molecule has 1 aromatic rings. The molecule has 2 nitrogen and oxygen atoms in total. The highest BCUT2D eigenvalue weighted by Gasteiger charge is 2.31. The van der Waals surface area contributed by atoms with Crippen LogP contribution in [0.2, 0.25) is 0 Å². The minimum atomic E-state index is -4.29. The van der Waals surface area contributed by atoms with Gasteiger partial charge in [0.1, 0.15) is 0 Å². The van der Waals surface area contributed by atoms with Crippen LogP contribution in [0.25, 0.3) is 0 Å². The quantitative estimate of drug-likeness (QED) is 0.650. The van der Waals surface area contributed by atoms with Gasteiger partial charge in [0.15, 0.2) is 0 Å². The molecular formula is C15H21F3N2. The Labute approximate surface area is 117 Å². The smallest absolute Gasteiger partial charge is 0.271 e. The van der Waals surface area contributed by atoms with Crippen molar-refractivity contribution in [2.75, 3.05) is 0 Å². The van der Waals surface area contributed by atoms with E-state index in [9.17, 15) is 13.2 Å². The number of hydrogen-bond acceptors (Lipinski definition) is 2. The van der Waals surface area contributed by atoms with Gasteiger partial charge in [-0.3, -0.25) is 11.3 Å². The van der Waals surface area contributed by atoms with Crippen LogP contribution < -0.4 is 11.3 Å². The van der Waals surface area contributed by atoms with Crippen molar-refractivity contribution in [1.29, 1.82) is 0 Å². The van der Waals surface area contributed by atoms with E-state index >= 15 is 0 Å². The van der Waals surface area contributed by atoms with E-state index in [0.717, 1.165) is 37.0 Å². The first-order chi connectivity index (χ1) is 9.41. The van der Waals surface area contributed by atoms with Crippen molar-refractivity contribution in [2.24, 2.45) is 17.7 Å². The Morgan fingerprint density at radius 3 is 2.35 bits per heavy atom. The Balaban J connectivity index is 2.15. The Hall–Kier alpha value is -1.07. The number of nitrogens with one attached hydrogen (secondary N) is 1. The predicted molar refractivity (Wildman–Crippen MR) is 72.6 cm³/mol. The van der Waals surface area contributed by atoms with Gasteiger partial charge in [-0.05, 0) is 42.4 Å². The molecule has 1 aromatic carbocycles. The lowest BCUT2D eigenvalue weighted by molar-refractivity contribution is -0.137. The molecule has 5 heteroatoms. The van der Waals surface area contributed by atoms with Gasteiger partial charge in [0.05, 0.1) is 5.56 Å². The molecule has 1 saturated carbocycles. The molecular weight excluding hydrogens is 265 g/mol. The summed E-state index contributed by atoms with van der Waals surface area (Å²) in [7, 11) is 0. The third-order valence-corrected chi connectivity index (χ3v) is 4.23. The molecule has 0 aromatic heterocycles. The Kier molecular flexibility index (Phi) is 4.70. The zero-order valence-electron chi connectivity index (χ0n) is 11.6. The predicted octanol–water partition coefficient (Wildman–Crippen LogP) is 4.04. The van der Waals surface area contributed by atoms with Gasteiger partial charge < -0.3 is 0 Å². The summed E-state index contributed by atoms with van der Waals surface area (Å²) in [6.07, 6.45) is 0.227. The molecule has 1 aliphatic rings. The van der Waals surface area contributed by atoms with Crippen molar-refractivity contribution < 1.29 is 13.2 Å². The molecule has 0 saturated heterocycles. The molecule has 0 heterocycles. The molecule has 0 bridgehead atoms. The van der Waals surface area contributed by atoms with Crippen LogP contribution in [0.1, 0.15) is 49.8 Å². The topological polar surface area (TPSA) is 38.0 Å². The summed E-state index contributed by atoms with van der Waals surface area (Å²) in [4.78, 5) is 0. The number of benzene rings is 1. The molecule has 0 amide bonds. The highest BCUT2D eigenvalue weighted by molar-refractivity contribution is 5.27. The maximum atomic E-state index is 12.6.